The molecular formula is C11H23N3O3S. The Morgan fingerprint density at radius 3 is 2.61 bits per heavy atom. The number of amidine groups is 1. The molecule has 0 amide bonds. The van der Waals surface area contributed by atoms with Crippen molar-refractivity contribution in [1.29, 1.82) is 0 Å². The van der Waals surface area contributed by atoms with Crippen LogP contribution in [-0.2, 0) is 9.84 Å². The van der Waals surface area contributed by atoms with E-state index in [1.807, 2.05) is 4.90 Å². The molecule has 1 heterocycles. The van der Waals surface area contributed by atoms with E-state index in [-0.39, 0.29) is 17.6 Å². The van der Waals surface area contributed by atoms with E-state index in [0.717, 1.165) is 19.4 Å². The first kappa shape index (κ1) is 15.2. The van der Waals surface area contributed by atoms with Crippen LogP contribution < -0.4 is 5.73 Å². The summed E-state index contributed by atoms with van der Waals surface area (Å²) in [4.78, 5) is 1.97. The first-order valence-electron chi connectivity index (χ1n) is 6.13. The van der Waals surface area contributed by atoms with E-state index in [1.165, 1.54) is 0 Å². The third kappa shape index (κ3) is 3.35. The van der Waals surface area contributed by atoms with Crippen molar-refractivity contribution in [3.63, 3.8) is 0 Å². The van der Waals surface area contributed by atoms with E-state index >= 15 is 0 Å². The summed E-state index contributed by atoms with van der Waals surface area (Å²) >= 11 is 0. The molecule has 18 heavy (non-hydrogen) atoms. The summed E-state index contributed by atoms with van der Waals surface area (Å²) in [5, 5.41) is 11.7. The predicted molar refractivity (Wildman–Crippen MR) is 71.5 cm³/mol. The van der Waals surface area contributed by atoms with Gasteiger partial charge in [0.15, 0.2) is 15.7 Å². The third-order valence-electron chi connectivity index (χ3n) is 3.40. The monoisotopic (exact) mass is 277 g/mol. The lowest BCUT2D eigenvalue weighted by atomic mass is 10.2. The fourth-order valence-electron chi connectivity index (χ4n) is 2.04. The van der Waals surface area contributed by atoms with Crippen LogP contribution in [0.15, 0.2) is 5.16 Å². The van der Waals surface area contributed by atoms with Gasteiger partial charge in [0, 0.05) is 6.54 Å². The van der Waals surface area contributed by atoms with Gasteiger partial charge in [-0.2, -0.15) is 0 Å². The van der Waals surface area contributed by atoms with Gasteiger partial charge in [0.2, 0.25) is 0 Å². The van der Waals surface area contributed by atoms with Gasteiger partial charge >= 0.3 is 0 Å². The Balaban J connectivity index is 2.64. The van der Waals surface area contributed by atoms with Gasteiger partial charge in [-0.15, -0.1) is 0 Å². The quantitative estimate of drug-likeness (QED) is 0.336. The van der Waals surface area contributed by atoms with Crippen molar-refractivity contribution in [2.24, 2.45) is 10.9 Å². The molecule has 7 heteroatoms. The molecule has 1 unspecified atom stereocenters. The molecule has 0 radical (unpaired) electrons. The Morgan fingerprint density at radius 2 is 2.11 bits per heavy atom. The number of nitrogens with zero attached hydrogens (tertiary/aromatic N) is 2. The smallest absolute Gasteiger partial charge is 0.156 e. The highest BCUT2D eigenvalue weighted by Gasteiger charge is 2.32. The maximum Gasteiger partial charge on any atom is 0.156 e. The fraction of sp³-hybridized carbons (Fsp3) is 0.909. The molecule has 3 N–H and O–H groups in total. The van der Waals surface area contributed by atoms with Crippen LogP contribution in [0.25, 0.3) is 0 Å². The standard InChI is InChI=1S/C11H23N3O3S/c1-11(2,3)18(16,17)8-7-14-6-4-5-9(14)10(12)13-15/h9,15H,4-8H2,1-3H3,(H2,12,13). The Labute approximate surface area is 109 Å². The van der Waals surface area contributed by atoms with Gasteiger partial charge in [-0.3, -0.25) is 4.90 Å². The molecule has 0 spiro atoms. The highest BCUT2D eigenvalue weighted by Crippen LogP contribution is 2.20. The molecule has 0 aromatic carbocycles. The summed E-state index contributed by atoms with van der Waals surface area (Å²) in [6, 6.07) is -0.134. The molecule has 1 atom stereocenters. The minimum atomic E-state index is -3.13. The number of sulfone groups is 1. The molecular weight excluding hydrogens is 254 g/mol. The van der Waals surface area contributed by atoms with Gasteiger partial charge in [-0.1, -0.05) is 5.16 Å². The minimum Gasteiger partial charge on any atom is -0.409 e. The van der Waals surface area contributed by atoms with Crippen molar-refractivity contribution in [2.45, 2.75) is 44.4 Å². The lowest BCUT2D eigenvalue weighted by Gasteiger charge is -2.25. The Hall–Kier alpha value is -0.820. The van der Waals surface area contributed by atoms with Crippen molar-refractivity contribution in [2.75, 3.05) is 18.8 Å². The van der Waals surface area contributed by atoms with Crippen LogP contribution >= 0.6 is 0 Å². The highest BCUT2D eigenvalue weighted by atomic mass is 32.2. The Morgan fingerprint density at radius 1 is 1.50 bits per heavy atom. The summed E-state index contributed by atoms with van der Waals surface area (Å²) in [6.45, 7) is 6.33. The highest BCUT2D eigenvalue weighted by molar-refractivity contribution is 7.92. The van der Waals surface area contributed by atoms with Crippen molar-refractivity contribution in [3.8, 4) is 0 Å². The summed E-state index contributed by atoms with van der Waals surface area (Å²) in [6.07, 6.45) is 1.75. The lowest BCUT2D eigenvalue weighted by Crippen LogP contribution is -2.44. The summed E-state index contributed by atoms with van der Waals surface area (Å²) in [5.41, 5.74) is 5.60. The summed E-state index contributed by atoms with van der Waals surface area (Å²) in [7, 11) is -3.13. The molecule has 1 aliphatic rings. The van der Waals surface area contributed by atoms with Crippen molar-refractivity contribution >= 4 is 15.7 Å². The minimum absolute atomic E-state index is 0.103. The normalized spacial score (nSPS) is 23.5. The van der Waals surface area contributed by atoms with Crippen LogP contribution in [0.4, 0.5) is 0 Å². The maximum atomic E-state index is 12.0. The van der Waals surface area contributed by atoms with Crippen LogP contribution in [-0.4, -0.2) is 54.0 Å². The average molecular weight is 277 g/mol. The second kappa shape index (κ2) is 5.44. The van der Waals surface area contributed by atoms with Crippen LogP contribution in [0.3, 0.4) is 0 Å². The van der Waals surface area contributed by atoms with Crippen molar-refractivity contribution in [1.82, 2.24) is 4.90 Å². The molecule has 1 aliphatic heterocycles. The number of hydrogen-bond donors (Lipinski definition) is 2. The molecule has 1 rings (SSSR count). The number of oxime groups is 1. The average Bonchev–Trinajstić information content (AvgIpc) is 2.72. The molecule has 1 fully saturated rings. The number of likely N-dealkylation sites (tertiary alicyclic amines) is 1. The van der Waals surface area contributed by atoms with E-state index < -0.39 is 14.6 Å². The van der Waals surface area contributed by atoms with E-state index in [1.54, 1.807) is 20.8 Å². The van der Waals surface area contributed by atoms with Gasteiger partial charge in [-0.25, -0.2) is 8.42 Å². The first-order chi connectivity index (χ1) is 8.19. The van der Waals surface area contributed by atoms with E-state index in [0.29, 0.717) is 6.54 Å². The van der Waals surface area contributed by atoms with Gasteiger partial charge in [0.05, 0.1) is 16.5 Å². The topological polar surface area (TPSA) is 96.0 Å². The predicted octanol–water partition coefficient (Wildman–Crippen LogP) is 0.411. The molecule has 106 valence electrons. The Bertz CT molecular complexity index is 412. The fourth-order valence-corrected chi connectivity index (χ4v) is 3.13. The zero-order chi connectivity index (χ0) is 14.0. The van der Waals surface area contributed by atoms with Gasteiger partial charge in [0.25, 0.3) is 0 Å². The molecule has 0 bridgehead atoms. The maximum absolute atomic E-state index is 12.0. The largest absolute Gasteiger partial charge is 0.409 e. The van der Waals surface area contributed by atoms with Crippen LogP contribution in [0, 0.1) is 0 Å². The molecule has 6 nitrogen and oxygen atoms in total. The molecule has 0 aromatic rings. The molecule has 1 saturated heterocycles. The third-order valence-corrected chi connectivity index (χ3v) is 5.99. The van der Waals surface area contributed by atoms with Crippen LogP contribution in [0.1, 0.15) is 33.6 Å². The number of rotatable bonds is 4. The van der Waals surface area contributed by atoms with Gasteiger partial charge in [-0.05, 0) is 40.2 Å². The van der Waals surface area contributed by atoms with Gasteiger partial charge < -0.3 is 10.9 Å². The zero-order valence-electron chi connectivity index (χ0n) is 11.3. The number of hydrogen-bond acceptors (Lipinski definition) is 5. The van der Waals surface area contributed by atoms with E-state index in [4.69, 9.17) is 10.9 Å². The second-order valence-electron chi connectivity index (χ2n) is 5.65. The number of nitrogens with two attached hydrogens (primary N) is 1. The van der Waals surface area contributed by atoms with Crippen LogP contribution in [0.2, 0.25) is 0 Å². The van der Waals surface area contributed by atoms with E-state index in [9.17, 15) is 8.42 Å². The second-order valence-corrected chi connectivity index (χ2v) is 8.51. The molecule has 0 saturated carbocycles. The first-order valence-corrected chi connectivity index (χ1v) is 7.78. The van der Waals surface area contributed by atoms with Crippen molar-refractivity contribution in [3.05, 3.63) is 0 Å². The SMILES string of the molecule is CC(C)(C)S(=O)(=O)CCN1CCCC1C(N)=NO. The molecule has 0 aliphatic carbocycles. The lowest BCUT2D eigenvalue weighted by molar-refractivity contribution is 0.289. The summed E-state index contributed by atoms with van der Waals surface area (Å²) < 4.78 is 23.3. The summed E-state index contributed by atoms with van der Waals surface area (Å²) in [5.74, 6) is 0.270. The zero-order valence-corrected chi connectivity index (χ0v) is 12.1. The Kier molecular flexibility index (Phi) is 4.61. The van der Waals surface area contributed by atoms with Crippen LogP contribution in [0.5, 0.6) is 0 Å². The van der Waals surface area contributed by atoms with E-state index in [2.05, 4.69) is 5.16 Å². The van der Waals surface area contributed by atoms with Crippen molar-refractivity contribution < 1.29 is 13.6 Å². The molecule has 0 aromatic heterocycles. The van der Waals surface area contributed by atoms with Gasteiger partial charge in [0.1, 0.15) is 0 Å².